The molecule has 0 radical (unpaired) electrons. The Morgan fingerprint density at radius 2 is 1.91 bits per heavy atom. The molecule has 1 aromatic carbocycles. The standard InChI is InChI=1S/C22H29N7O3SSi/c1-5-33(30,31)28-18-10-8-17(9-11-18)21-19(15-23)22(25-20-7-6-12-24-26-20)29(27-21)16-32-13-14-34(2,3)4/h6-12,28H,5,13-14,16H2,1-4H3,(H,25,26). The Bertz CT molecular complexity index is 1250. The molecule has 10 nitrogen and oxygen atoms in total. The molecule has 34 heavy (non-hydrogen) atoms. The molecule has 0 spiro atoms. The van der Waals surface area contributed by atoms with Crippen LogP contribution >= 0.6 is 0 Å². The van der Waals surface area contributed by atoms with Crippen LogP contribution < -0.4 is 10.0 Å². The summed E-state index contributed by atoms with van der Waals surface area (Å²) in [6.45, 7) is 9.17. The lowest BCUT2D eigenvalue weighted by Gasteiger charge is -2.16. The number of benzene rings is 1. The monoisotopic (exact) mass is 499 g/mol. The van der Waals surface area contributed by atoms with Crippen LogP contribution in [0.1, 0.15) is 12.5 Å². The fourth-order valence-electron chi connectivity index (χ4n) is 2.96. The first-order valence-electron chi connectivity index (χ1n) is 10.9. The maximum absolute atomic E-state index is 11.8. The van der Waals surface area contributed by atoms with Crippen molar-refractivity contribution in [3.8, 4) is 17.3 Å². The average Bonchev–Trinajstić information content (AvgIpc) is 3.14. The van der Waals surface area contributed by atoms with Crippen LogP contribution in [0.4, 0.5) is 17.3 Å². The third kappa shape index (κ3) is 6.86. The normalized spacial score (nSPS) is 11.7. The molecule has 0 bridgehead atoms. The van der Waals surface area contributed by atoms with Crippen LogP contribution in [-0.2, 0) is 21.5 Å². The molecule has 0 amide bonds. The summed E-state index contributed by atoms with van der Waals surface area (Å²) >= 11 is 0. The second-order valence-electron chi connectivity index (χ2n) is 8.85. The molecule has 3 aromatic rings. The van der Waals surface area contributed by atoms with Crippen LogP contribution in [0.2, 0.25) is 25.7 Å². The van der Waals surface area contributed by atoms with Crippen LogP contribution in [0, 0.1) is 11.3 Å². The Balaban J connectivity index is 1.93. The minimum Gasteiger partial charge on any atom is -0.359 e. The summed E-state index contributed by atoms with van der Waals surface area (Å²) < 4.78 is 33.7. The average molecular weight is 500 g/mol. The Hall–Kier alpha value is -3.27. The van der Waals surface area contributed by atoms with E-state index in [2.05, 4.69) is 51.0 Å². The van der Waals surface area contributed by atoms with Gasteiger partial charge in [-0.05, 0) is 37.2 Å². The van der Waals surface area contributed by atoms with Gasteiger partial charge in [-0.15, -0.1) is 5.10 Å². The summed E-state index contributed by atoms with van der Waals surface area (Å²) in [7, 11) is -4.63. The fourth-order valence-corrected chi connectivity index (χ4v) is 4.35. The SMILES string of the molecule is CCS(=O)(=O)Nc1ccc(-c2nn(COCC[Si](C)(C)C)c(Nc3cccnn3)c2C#N)cc1. The number of anilines is 3. The first kappa shape index (κ1) is 25.4. The van der Waals surface area contributed by atoms with E-state index in [9.17, 15) is 13.7 Å². The molecule has 0 saturated heterocycles. The van der Waals surface area contributed by atoms with E-state index in [4.69, 9.17) is 4.74 Å². The number of hydrogen-bond donors (Lipinski definition) is 2. The Kier molecular flexibility index (Phi) is 8.03. The molecule has 180 valence electrons. The Morgan fingerprint density at radius 3 is 2.50 bits per heavy atom. The molecular weight excluding hydrogens is 470 g/mol. The molecule has 2 N–H and O–H groups in total. The summed E-state index contributed by atoms with van der Waals surface area (Å²) in [5, 5.41) is 25.6. The predicted octanol–water partition coefficient (Wildman–Crippen LogP) is 4.03. The van der Waals surface area contributed by atoms with Gasteiger partial charge < -0.3 is 10.1 Å². The molecule has 2 heterocycles. The van der Waals surface area contributed by atoms with E-state index in [1.165, 1.54) is 0 Å². The molecule has 2 aromatic heterocycles. The van der Waals surface area contributed by atoms with Crippen LogP contribution in [0.3, 0.4) is 0 Å². The van der Waals surface area contributed by atoms with Crippen molar-refractivity contribution >= 4 is 35.4 Å². The smallest absolute Gasteiger partial charge is 0.232 e. The molecular formula is C22H29N7O3SSi. The van der Waals surface area contributed by atoms with Crippen molar-refractivity contribution in [2.24, 2.45) is 0 Å². The lowest BCUT2D eigenvalue weighted by Crippen LogP contribution is -2.22. The van der Waals surface area contributed by atoms with Crippen molar-refractivity contribution in [2.45, 2.75) is 39.3 Å². The van der Waals surface area contributed by atoms with Crippen LogP contribution in [0.5, 0.6) is 0 Å². The number of nitriles is 1. The zero-order valence-corrected chi connectivity index (χ0v) is 21.6. The maximum Gasteiger partial charge on any atom is 0.232 e. The van der Waals surface area contributed by atoms with Gasteiger partial charge in [-0.25, -0.2) is 13.1 Å². The van der Waals surface area contributed by atoms with Crippen LogP contribution in [-0.4, -0.2) is 48.8 Å². The van der Waals surface area contributed by atoms with Gasteiger partial charge in [0.1, 0.15) is 24.1 Å². The third-order valence-electron chi connectivity index (χ3n) is 4.90. The molecule has 0 aliphatic carbocycles. The summed E-state index contributed by atoms with van der Waals surface area (Å²) in [6, 6.07) is 13.4. The maximum atomic E-state index is 11.8. The lowest BCUT2D eigenvalue weighted by atomic mass is 10.1. The molecule has 12 heteroatoms. The molecule has 0 saturated carbocycles. The highest BCUT2D eigenvalue weighted by Gasteiger charge is 2.21. The summed E-state index contributed by atoms with van der Waals surface area (Å²) in [4.78, 5) is 0. The minimum atomic E-state index is -3.38. The number of ether oxygens (including phenoxy) is 1. The largest absolute Gasteiger partial charge is 0.359 e. The second kappa shape index (κ2) is 10.8. The highest BCUT2D eigenvalue weighted by molar-refractivity contribution is 7.92. The van der Waals surface area contributed by atoms with E-state index in [-0.39, 0.29) is 12.5 Å². The van der Waals surface area contributed by atoms with Gasteiger partial charge in [0.2, 0.25) is 10.0 Å². The molecule has 0 fully saturated rings. The van der Waals surface area contributed by atoms with Crippen molar-refractivity contribution in [3.63, 3.8) is 0 Å². The number of sulfonamides is 1. The Labute approximate surface area is 201 Å². The van der Waals surface area contributed by atoms with Gasteiger partial charge in [0.25, 0.3) is 0 Å². The number of aromatic nitrogens is 4. The van der Waals surface area contributed by atoms with Gasteiger partial charge in [-0.2, -0.15) is 15.5 Å². The fraction of sp³-hybridized carbons (Fsp3) is 0.364. The van der Waals surface area contributed by atoms with Gasteiger partial charge in [-0.1, -0.05) is 31.8 Å². The van der Waals surface area contributed by atoms with Gasteiger partial charge in [0.05, 0.1) is 5.75 Å². The van der Waals surface area contributed by atoms with Crippen molar-refractivity contribution in [3.05, 3.63) is 48.2 Å². The predicted molar refractivity (Wildman–Crippen MR) is 135 cm³/mol. The van der Waals surface area contributed by atoms with E-state index in [0.717, 1.165) is 6.04 Å². The van der Waals surface area contributed by atoms with Crippen LogP contribution in [0.15, 0.2) is 42.6 Å². The van der Waals surface area contributed by atoms with Gasteiger partial charge in [0.15, 0.2) is 11.6 Å². The first-order valence-corrected chi connectivity index (χ1v) is 16.2. The van der Waals surface area contributed by atoms with E-state index in [0.29, 0.717) is 40.8 Å². The van der Waals surface area contributed by atoms with E-state index >= 15 is 0 Å². The topological polar surface area (TPSA) is 135 Å². The number of hydrogen-bond acceptors (Lipinski definition) is 8. The molecule has 0 unspecified atom stereocenters. The molecule has 0 aliphatic heterocycles. The van der Waals surface area contributed by atoms with Gasteiger partial charge in [-0.3, -0.25) is 4.72 Å². The molecule has 0 aliphatic rings. The summed E-state index contributed by atoms with van der Waals surface area (Å²) in [5.41, 5.74) is 1.88. The first-order chi connectivity index (χ1) is 16.1. The minimum absolute atomic E-state index is 0.0210. The number of rotatable bonds is 11. The summed E-state index contributed by atoms with van der Waals surface area (Å²) in [5.74, 6) is 0.896. The van der Waals surface area contributed by atoms with Gasteiger partial charge >= 0.3 is 0 Å². The van der Waals surface area contributed by atoms with Crippen LogP contribution in [0.25, 0.3) is 11.3 Å². The van der Waals surface area contributed by atoms with Crippen molar-refractivity contribution in [1.82, 2.24) is 20.0 Å². The highest BCUT2D eigenvalue weighted by atomic mass is 32.2. The van der Waals surface area contributed by atoms with Crippen molar-refractivity contribution in [2.75, 3.05) is 22.4 Å². The zero-order chi connectivity index (χ0) is 24.8. The molecule has 3 rings (SSSR count). The number of nitrogens with zero attached hydrogens (tertiary/aromatic N) is 5. The van der Waals surface area contributed by atoms with Crippen molar-refractivity contribution in [1.29, 1.82) is 5.26 Å². The summed E-state index contributed by atoms with van der Waals surface area (Å²) in [6.07, 6.45) is 1.56. The van der Waals surface area contributed by atoms with E-state index in [1.807, 2.05) is 0 Å². The van der Waals surface area contributed by atoms with E-state index in [1.54, 1.807) is 54.2 Å². The highest BCUT2D eigenvalue weighted by Crippen LogP contribution is 2.31. The lowest BCUT2D eigenvalue weighted by molar-refractivity contribution is 0.0802. The molecule has 0 atom stereocenters. The van der Waals surface area contributed by atoms with Gasteiger partial charge in [0, 0.05) is 32.1 Å². The van der Waals surface area contributed by atoms with Crippen molar-refractivity contribution < 1.29 is 13.2 Å². The quantitative estimate of drug-likeness (QED) is 0.298. The van der Waals surface area contributed by atoms with E-state index < -0.39 is 18.1 Å². The zero-order valence-electron chi connectivity index (χ0n) is 19.7. The third-order valence-corrected chi connectivity index (χ3v) is 7.92. The number of nitrogens with one attached hydrogen (secondary N) is 2. The Morgan fingerprint density at radius 1 is 1.18 bits per heavy atom. The second-order valence-corrected chi connectivity index (χ2v) is 16.5.